The molecule has 1 aliphatic heterocycles. The third kappa shape index (κ3) is 4.39. The van der Waals surface area contributed by atoms with E-state index in [0.717, 1.165) is 24.6 Å². The van der Waals surface area contributed by atoms with Gasteiger partial charge in [-0.05, 0) is 38.3 Å². The van der Waals surface area contributed by atoms with Crippen LogP contribution in [0.2, 0.25) is 0 Å². The summed E-state index contributed by atoms with van der Waals surface area (Å²) in [6, 6.07) is 12.6. The van der Waals surface area contributed by atoms with E-state index in [2.05, 4.69) is 29.8 Å². The van der Waals surface area contributed by atoms with Gasteiger partial charge in [-0.1, -0.05) is 30.3 Å². The molecule has 1 aromatic carbocycles. The molecule has 25 heavy (non-hydrogen) atoms. The molecule has 2 fully saturated rings. The number of likely N-dealkylation sites (N-methyl/N-ethyl adjacent to an activating group) is 1. The molecule has 1 saturated heterocycles. The van der Waals surface area contributed by atoms with Gasteiger partial charge < -0.3 is 4.90 Å². The Morgan fingerprint density at radius 1 is 1.24 bits per heavy atom. The van der Waals surface area contributed by atoms with Gasteiger partial charge in [-0.2, -0.15) is 5.26 Å². The summed E-state index contributed by atoms with van der Waals surface area (Å²) in [7, 11) is 2.05. The van der Waals surface area contributed by atoms with E-state index in [1.165, 1.54) is 12.8 Å². The van der Waals surface area contributed by atoms with Crippen molar-refractivity contribution in [3.8, 4) is 6.07 Å². The fraction of sp³-hybridized carbons (Fsp3) is 0.600. The smallest absolute Gasteiger partial charge is 0.236 e. The van der Waals surface area contributed by atoms with Crippen LogP contribution in [0, 0.1) is 17.2 Å². The van der Waals surface area contributed by atoms with Crippen LogP contribution in [-0.2, 0) is 4.79 Å². The number of carbonyl (C=O) groups excluding carboxylic acids is 1. The normalized spacial score (nSPS) is 21.0. The third-order valence-corrected chi connectivity index (χ3v) is 5.65. The Bertz CT molecular complexity index is 614. The minimum Gasteiger partial charge on any atom is -0.339 e. The number of amides is 1. The Hall–Kier alpha value is -1.90. The highest BCUT2D eigenvalue weighted by molar-refractivity contribution is 5.78. The molecule has 0 bridgehead atoms. The molecule has 1 amide bonds. The van der Waals surface area contributed by atoms with E-state index in [-0.39, 0.29) is 11.9 Å². The number of nitriles is 1. The molecule has 5 nitrogen and oxygen atoms in total. The molecule has 1 heterocycles. The van der Waals surface area contributed by atoms with Gasteiger partial charge in [-0.25, -0.2) is 0 Å². The van der Waals surface area contributed by atoms with Crippen molar-refractivity contribution in [2.75, 3.05) is 39.8 Å². The number of hydrogen-bond acceptors (Lipinski definition) is 4. The Balaban J connectivity index is 1.51. The fourth-order valence-corrected chi connectivity index (χ4v) is 3.63. The summed E-state index contributed by atoms with van der Waals surface area (Å²) < 4.78 is 0. The summed E-state index contributed by atoms with van der Waals surface area (Å²) in [6.07, 6.45) is 2.60. The zero-order valence-corrected chi connectivity index (χ0v) is 15.3. The van der Waals surface area contributed by atoms with Crippen LogP contribution in [0.5, 0.6) is 0 Å². The molecule has 134 valence electrons. The van der Waals surface area contributed by atoms with E-state index in [9.17, 15) is 10.1 Å². The molecular weight excluding hydrogens is 312 g/mol. The molecule has 0 radical (unpaired) electrons. The molecular formula is C20H28N4O. The zero-order valence-electron chi connectivity index (χ0n) is 15.3. The molecule has 1 aliphatic carbocycles. The van der Waals surface area contributed by atoms with E-state index in [1.807, 2.05) is 35.2 Å². The zero-order chi connectivity index (χ0) is 17.8. The molecule has 5 heteroatoms. The van der Waals surface area contributed by atoms with Crippen molar-refractivity contribution in [2.45, 2.75) is 31.8 Å². The lowest BCUT2D eigenvalue weighted by Crippen LogP contribution is -2.52. The number of piperazine rings is 1. The molecule has 2 unspecified atom stereocenters. The van der Waals surface area contributed by atoms with E-state index < -0.39 is 0 Å². The predicted octanol–water partition coefficient (Wildman–Crippen LogP) is 2.13. The van der Waals surface area contributed by atoms with Crippen LogP contribution in [-0.4, -0.2) is 66.4 Å². The lowest BCUT2D eigenvalue weighted by molar-refractivity contribution is -0.134. The Morgan fingerprint density at radius 2 is 1.88 bits per heavy atom. The average Bonchev–Trinajstić information content (AvgIpc) is 3.48. The second-order valence-corrected chi connectivity index (χ2v) is 7.35. The van der Waals surface area contributed by atoms with Crippen LogP contribution in [0.3, 0.4) is 0 Å². The van der Waals surface area contributed by atoms with Gasteiger partial charge in [0.15, 0.2) is 0 Å². The van der Waals surface area contributed by atoms with Gasteiger partial charge in [0, 0.05) is 32.2 Å². The van der Waals surface area contributed by atoms with E-state index >= 15 is 0 Å². The summed E-state index contributed by atoms with van der Waals surface area (Å²) in [5, 5.41) is 9.57. The average molecular weight is 340 g/mol. The highest BCUT2D eigenvalue weighted by atomic mass is 16.2. The molecule has 2 aliphatic rings. The highest BCUT2D eigenvalue weighted by Gasteiger charge is 2.32. The first-order chi connectivity index (χ1) is 12.1. The van der Waals surface area contributed by atoms with Crippen molar-refractivity contribution in [3.63, 3.8) is 0 Å². The summed E-state index contributed by atoms with van der Waals surface area (Å²) >= 11 is 0. The van der Waals surface area contributed by atoms with Crippen LogP contribution in [0.25, 0.3) is 0 Å². The first kappa shape index (κ1) is 17.9. The lowest BCUT2D eigenvalue weighted by atomic mass is 10.1. The van der Waals surface area contributed by atoms with Crippen molar-refractivity contribution in [1.29, 1.82) is 5.26 Å². The molecule has 2 atom stereocenters. The molecule has 1 aromatic rings. The minimum absolute atomic E-state index is 0.211. The first-order valence-electron chi connectivity index (χ1n) is 9.26. The topological polar surface area (TPSA) is 50.6 Å². The molecule has 3 rings (SSSR count). The lowest BCUT2D eigenvalue weighted by Gasteiger charge is -2.38. The van der Waals surface area contributed by atoms with Gasteiger partial charge in [0.1, 0.15) is 6.04 Å². The monoisotopic (exact) mass is 340 g/mol. The number of nitrogens with zero attached hydrogens (tertiary/aromatic N) is 4. The summed E-state index contributed by atoms with van der Waals surface area (Å²) in [5.74, 6) is 0.986. The van der Waals surface area contributed by atoms with Gasteiger partial charge in [0.2, 0.25) is 5.91 Å². The molecule has 0 aromatic heterocycles. The number of rotatable bonds is 6. The molecule has 0 spiro atoms. The van der Waals surface area contributed by atoms with Gasteiger partial charge in [0.05, 0.1) is 12.6 Å². The van der Waals surface area contributed by atoms with Crippen LogP contribution < -0.4 is 0 Å². The van der Waals surface area contributed by atoms with E-state index in [4.69, 9.17) is 0 Å². The van der Waals surface area contributed by atoms with Crippen LogP contribution in [0.1, 0.15) is 31.4 Å². The minimum atomic E-state index is -0.226. The maximum atomic E-state index is 12.6. The predicted molar refractivity (Wildman–Crippen MR) is 97.8 cm³/mol. The van der Waals surface area contributed by atoms with Crippen LogP contribution >= 0.6 is 0 Å². The van der Waals surface area contributed by atoms with Crippen molar-refractivity contribution in [2.24, 2.45) is 5.92 Å². The van der Waals surface area contributed by atoms with Crippen molar-refractivity contribution < 1.29 is 4.79 Å². The highest BCUT2D eigenvalue weighted by Crippen LogP contribution is 2.34. The van der Waals surface area contributed by atoms with Crippen molar-refractivity contribution in [1.82, 2.24) is 14.7 Å². The van der Waals surface area contributed by atoms with Crippen molar-refractivity contribution >= 4 is 5.91 Å². The van der Waals surface area contributed by atoms with E-state index in [1.54, 1.807) is 0 Å². The summed E-state index contributed by atoms with van der Waals surface area (Å²) in [5.41, 5.74) is 1.03. The second-order valence-electron chi connectivity index (χ2n) is 7.35. The van der Waals surface area contributed by atoms with Crippen LogP contribution in [0.15, 0.2) is 30.3 Å². The van der Waals surface area contributed by atoms with Gasteiger partial charge in [0.25, 0.3) is 0 Å². The van der Waals surface area contributed by atoms with Gasteiger partial charge >= 0.3 is 0 Å². The Kier molecular flexibility index (Phi) is 5.72. The second kappa shape index (κ2) is 7.99. The maximum Gasteiger partial charge on any atom is 0.236 e. The largest absolute Gasteiger partial charge is 0.339 e. The number of hydrogen-bond donors (Lipinski definition) is 0. The summed E-state index contributed by atoms with van der Waals surface area (Å²) in [6.45, 7) is 5.63. The SMILES string of the molecule is CC(C1CC1)N(C)CC(=O)N1CCN(C(C#N)c2ccccc2)CC1. The molecule has 1 saturated carbocycles. The number of carbonyl (C=O) groups is 1. The fourth-order valence-electron chi connectivity index (χ4n) is 3.63. The van der Waals surface area contributed by atoms with Gasteiger partial charge in [-0.15, -0.1) is 0 Å². The maximum absolute atomic E-state index is 12.6. The Labute approximate surface area is 150 Å². The third-order valence-electron chi connectivity index (χ3n) is 5.65. The quantitative estimate of drug-likeness (QED) is 0.796. The first-order valence-corrected chi connectivity index (χ1v) is 9.26. The standard InChI is InChI=1S/C20H28N4O/c1-16(17-8-9-17)22(2)15-20(25)24-12-10-23(11-13-24)19(14-21)18-6-4-3-5-7-18/h3-7,16-17,19H,8-13,15H2,1-2H3. The number of benzene rings is 1. The Morgan fingerprint density at radius 3 is 2.44 bits per heavy atom. The van der Waals surface area contributed by atoms with Gasteiger partial charge in [-0.3, -0.25) is 14.6 Å². The summed E-state index contributed by atoms with van der Waals surface area (Å²) in [4.78, 5) is 18.9. The van der Waals surface area contributed by atoms with Crippen molar-refractivity contribution in [3.05, 3.63) is 35.9 Å². The molecule has 0 N–H and O–H groups in total. The van der Waals surface area contributed by atoms with Crippen LogP contribution in [0.4, 0.5) is 0 Å². The van der Waals surface area contributed by atoms with E-state index in [0.29, 0.717) is 25.7 Å².